The second-order valence-electron chi connectivity index (χ2n) is 4.12. The van der Waals surface area contributed by atoms with Crippen LogP contribution in [0.5, 0.6) is 0 Å². The first-order chi connectivity index (χ1) is 6.86. The van der Waals surface area contributed by atoms with E-state index in [1.807, 2.05) is 6.92 Å². The van der Waals surface area contributed by atoms with E-state index in [9.17, 15) is 14.7 Å². The zero-order valence-corrected chi connectivity index (χ0v) is 9.45. The number of rotatable bonds is 6. The van der Waals surface area contributed by atoms with Gasteiger partial charge >= 0.3 is 5.97 Å². The Morgan fingerprint density at radius 1 is 1.47 bits per heavy atom. The molecule has 0 aliphatic carbocycles. The van der Waals surface area contributed by atoms with Crippen LogP contribution in [0.3, 0.4) is 0 Å². The van der Waals surface area contributed by atoms with E-state index in [2.05, 4.69) is 10.7 Å². The Morgan fingerprint density at radius 3 is 2.40 bits per heavy atom. The molecule has 0 aromatic rings. The van der Waals surface area contributed by atoms with E-state index < -0.39 is 23.9 Å². The smallest absolute Gasteiger partial charge is 0.331 e. The van der Waals surface area contributed by atoms with Gasteiger partial charge in [-0.25, -0.2) is 4.79 Å². The van der Waals surface area contributed by atoms with Gasteiger partial charge in [0.1, 0.15) is 6.42 Å². The van der Waals surface area contributed by atoms with Crippen LogP contribution in [0.25, 0.3) is 0 Å². The number of carbonyl (C=O) groups is 2. The van der Waals surface area contributed by atoms with Gasteiger partial charge in [-0.05, 0) is 6.42 Å². The lowest BCUT2D eigenvalue weighted by Crippen LogP contribution is -2.38. The highest BCUT2D eigenvalue weighted by Crippen LogP contribution is 2.26. The summed E-state index contributed by atoms with van der Waals surface area (Å²) in [5, 5.41) is 9.73. The van der Waals surface area contributed by atoms with E-state index in [-0.39, 0.29) is 5.78 Å². The van der Waals surface area contributed by atoms with Crippen LogP contribution in [0, 0.1) is 5.41 Å². The molecule has 0 aromatic heterocycles. The molecule has 0 bridgehead atoms. The molecule has 0 heterocycles. The maximum Gasteiger partial charge on any atom is 0.331 e. The standard InChI is InChI=1S/C10H19NO4/c1-4-5-7(12)10(2,3)8(13)6-9(14)15-11/h7,12H,4-6,11H2,1-3H3/t7-/m0/s1. The second kappa shape index (κ2) is 5.82. The number of hydrogen-bond donors (Lipinski definition) is 2. The minimum atomic E-state index is -0.940. The minimum absolute atomic E-state index is 0.362. The topological polar surface area (TPSA) is 89.6 Å². The Morgan fingerprint density at radius 2 is 2.00 bits per heavy atom. The van der Waals surface area contributed by atoms with Crippen LogP contribution in [0.15, 0.2) is 0 Å². The van der Waals surface area contributed by atoms with E-state index in [1.165, 1.54) is 0 Å². The van der Waals surface area contributed by atoms with Gasteiger partial charge in [0.05, 0.1) is 6.10 Å². The Bertz CT molecular complexity index is 238. The molecule has 0 fully saturated rings. The molecule has 1 atom stereocenters. The zero-order chi connectivity index (χ0) is 12.1. The molecule has 15 heavy (non-hydrogen) atoms. The fraction of sp³-hybridized carbons (Fsp3) is 0.800. The summed E-state index contributed by atoms with van der Waals surface area (Å²) in [6.07, 6.45) is 0.153. The number of Topliss-reactive ketones (excluding diaryl/α,β-unsaturated/α-hetero) is 1. The van der Waals surface area contributed by atoms with Crippen LogP contribution < -0.4 is 5.90 Å². The molecule has 0 spiro atoms. The van der Waals surface area contributed by atoms with Gasteiger partial charge in [-0.3, -0.25) is 4.79 Å². The van der Waals surface area contributed by atoms with E-state index in [0.29, 0.717) is 6.42 Å². The Hall–Kier alpha value is -0.940. The van der Waals surface area contributed by atoms with Crippen LogP contribution in [-0.4, -0.2) is 23.0 Å². The van der Waals surface area contributed by atoms with E-state index in [4.69, 9.17) is 0 Å². The quantitative estimate of drug-likeness (QED) is 0.501. The number of ketones is 1. The third-order valence-electron chi connectivity index (χ3n) is 2.55. The summed E-state index contributed by atoms with van der Waals surface area (Å²) in [7, 11) is 0. The van der Waals surface area contributed by atoms with Crippen molar-refractivity contribution in [3.05, 3.63) is 0 Å². The highest BCUT2D eigenvalue weighted by Gasteiger charge is 2.35. The first kappa shape index (κ1) is 14.1. The average molecular weight is 217 g/mol. The third-order valence-corrected chi connectivity index (χ3v) is 2.55. The van der Waals surface area contributed by atoms with Gasteiger partial charge in [0.25, 0.3) is 0 Å². The fourth-order valence-electron chi connectivity index (χ4n) is 1.22. The van der Waals surface area contributed by atoms with Gasteiger partial charge in [0, 0.05) is 5.41 Å². The molecule has 88 valence electrons. The van der Waals surface area contributed by atoms with Crippen molar-refractivity contribution in [3.63, 3.8) is 0 Å². The lowest BCUT2D eigenvalue weighted by atomic mass is 9.79. The summed E-state index contributed by atoms with van der Waals surface area (Å²) >= 11 is 0. The van der Waals surface area contributed by atoms with Gasteiger partial charge in [-0.1, -0.05) is 27.2 Å². The van der Waals surface area contributed by atoms with Gasteiger partial charge in [-0.2, -0.15) is 5.90 Å². The third kappa shape index (κ3) is 3.97. The molecule has 0 aliphatic rings. The normalized spacial score (nSPS) is 13.4. The fourth-order valence-corrected chi connectivity index (χ4v) is 1.22. The van der Waals surface area contributed by atoms with Crippen LogP contribution in [0.1, 0.15) is 40.0 Å². The molecule has 5 heteroatoms. The predicted octanol–water partition coefficient (Wildman–Crippen LogP) is 0.550. The van der Waals surface area contributed by atoms with Crippen molar-refractivity contribution in [2.45, 2.75) is 46.1 Å². The predicted molar refractivity (Wildman–Crippen MR) is 54.6 cm³/mol. The number of aliphatic hydroxyl groups is 1. The van der Waals surface area contributed by atoms with Crippen molar-refractivity contribution in [3.8, 4) is 0 Å². The molecule has 0 saturated carbocycles. The molecular weight excluding hydrogens is 198 g/mol. The average Bonchev–Trinajstić information content (AvgIpc) is 2.17. The van der Waals surface area contributed by atoms with Crippen LogP contribution >= 0.6 is 0 Å². The van der Waals surface area contributed by atoms with Crippen LogP contribution in [0.2, 0.25) is 0 Å². The van der Waals surface area contributed by atoms with E-state index in [0.717, 1.165) is 6.42 Å². The lowest BCUT2D eigenvalue weighted by molar-refractivity contribution is -0.150. The lowest BCUT2D eigenvalue weighted by Gasteiger charge is -2.28. The molecular formula is C10H19NO4. The first-order valence-electron chi connectivity index (χ1n) is 4.97. The Labute approximate surface area is 89.5 Å². The van der Waals surface area contributed by atoms with Crippen molar-refractivity contribution in [2.75, 3.05) is 0 Å². The summed E-state index contributed by atoms with van der Waals surface area (Å²) in [6, 6.07) is 0. The molecule has 0 unspecified atom stereocenters. The maximum atomic E-state index is 11.6. The number of carbonyl (C=O) groups excluding carboxylic acids is 2. The van der Waals surface area contributed by atoms with Crippen LogP contribution in [0.4, 0.5) is 0 Å². The molecule has 0 amide bonds. The van der Waals surface area contributed by atoms with E-state index >= 15 is 0 Å². The summed E-state index contributed by atoms with van der Waals surface area (Å²) in [5.74, 6) is 3.49. The van der Waals surface area contributed by atoms with Gasteiger partial charge in [-0.15, -0.1) is 0 Å². The van der Waals surface area contributed by atoms with Crippen molar-refractivity contribution >= 4 is 11.8 Å². The van der Waals surface area contributed by atoms with Crippen LogP contribution in [-0.2, 0) is 14.4 Å². The molecule has 5 nitrogen and oxygen atoms in total. The Balaban J connectivity index is 4.43. The highest BCUT2D eigenvalue weighted by molar-refractivity contribution is 5.98. The number of aliphatic hydroxyl groups excluding tert-OH is 1. The Kier molecular flexibility index (Phi) is 5.46. The number of hydrogen-bond acceptors (Lipinski definition) is 5. The van der Waals surface area contributed by atoms with Gasteiger partial charge in [0.2, 0.25) is 0 Å². The van der Waals surface area contributed by atoms with Crippen molar-refractivity contribution in [1.82, 2.24) is 0 Å². The van der Waals surface area contributed by atoms with Crippen molar-refractivity contribution < 1.29 is 19.5 Å². The molecule has 0 aromatic carbocycles. The minimum Gasteiger partial charge on any atom is -0.392 e. The summed E-state index contributed by atoms with van der Waals surface area (Å²) < 4.78 is 0. The molecule has 0 aliphatic heterocycles. The largest absolute Gasteiger partial charge is 0.392 e. The maximum absolute atomic E-state index is 11.6. The molecule has 0 radical (unpaired) electrons. The monoisotopic (exact) mass is 217 g/mol. The second-order valence-corrected chi connectivity index (χ2v) is 4.12. The van der Waals surface area contributed by atoms with Gasteiger partial charge in [0.15, 0.2) is 5.78 Å². The highest BCUT2D eigenvalue weighted by atomic mass is 16.7. The SMILES string of the molecule is CCC[C@H](O)C(C)(C)C(=O)CC(=O)ON. The van der Waals surface area contributed by atoms with Crippen molar-refractivity contribution in [2.24, 2.45) is 11.3 Å². The molecule has 0 saturated heterocycles. The zero-order valence-electron chi connectivity index (χ0n) is 9.45. The molecule has 0 rings (SSSR count). The van der Waals surface area contributed by atoms with Gasteiger partial charge < -0.3 is 9.94 Å². The summed E-state index contributed by atoms with van der Waals surface area (Å²) in [6.45, 7) is 5.14. The number of nitrogens with two attached hydrogens (primary N) is 1. The molecule has 3 N–H and O–H groups in total. The first-order valence-corrected chi connectivity index (χ1v) is 4.97. The van der Waals surface area contributed by atoms with E-state index in [1.54, 1.807) is 13.8 Å². The summed E-state index contributed by atoms with van der Waals surface area (Å²) in [4.78, 5) is 26.3. The van der Waals surface area contributed by atoms with Crippen molar-refractivity contribution in [1.29, 1.82) is 0 Å². The summed E-state index contributed by atoms with van der Waals surface area (Å²) in [5.41, 5.74) is -0.940.